The van der Waals surface area contributed by atoms with Crippen molar-refractivity contribution in [2.24, 2.45) is 5.84 Å². The molecule has 2 aromatic rings. The van der Waals surface area contributed by atoms with Gasteiger partial charge in [-0.1, -0.05) is 11.6 Å². The summed E-state index contributed by atoms with van der Waals surface area (Å²) >= 11 is 5.84. The molecule has 0 bridgehead atoms. The number of nitrogens with two attached hydrogens (primary N) is 1. The Balaban J connectivity index is 2.21. The number of hydrogen-bond donors (Lipinski definition) is 2. The van der Waals surface area contributed by atoms with E-state index in [1.54, 1.807) is 6.20 Å². The summed E-state index contributed by atoms with van der Waals surface area (Å²) in [7, 11) is 0. The van der Waals surface area contributed by atoms with Gasteiger partial charge in [-0.05, 0) is 32.0 Å². The summed E-state index contributed by atoms with van der Waals surface area (Å²) in [6.45, 7) is 4.90. The lowest BCUT2D eigenvalue weighted by Crippen LogP contribution is -2.30. The van der Waals surface area contributed by atoms with Gasteiger partial charge in [0, 0.05) is 24.9 Å². The van der Waals surface area contributed by atoms with E-state index < -0.39 is 0 Å². The van der Waals surface area contributed by atoms with E-state index in [1.165, 1.54) is 0 Å². The Labute approximate surface area is 117 Å². The number of aryl methyl sites for hydroxylation is 2. The van der Waals surface area contributed by atoms with Crippen molar-refractivity contribution in [1.82, 2.24) is 20.2 Å². The van der Waals surface area contributed by atoms with Gasteiger partial charge in [0.05, 0.1) is 22.5 Å². The van der Waals surface area contributed by atoms with Gasteiger partial charge < -0.3 is 0 Å². The van der Waals surface area contributed by atoms with Crippen LogP contribution in [0.25, 0.3) is 0 Å². The van der Waals surface area contributed by atoms with Crippen LogP contribution in [-0.4, -0.2) is 14.8 Å². The van der Waals surface area contributed by atoms with Gasteiger partial charge in [-0.3, -0.25) is 20.9 Å². The van der Waals surface area contributed by atoms with Crippen molar-refractivity contribution in [2.45, 2.75) is 32.9 Å². The normalized spacial score (nSPS) is 12.6. The van der Waals surface area contributed by atoms with E-state index >= 15 is 0 Å². The summed E-state index contributed by atoms with van der Waals surface area (Å²) in [5.41, 5.74) is 5.82. The minimum absolute atomic E-state index is 0.0568. The first kappa shape index (κ1) is 14.0. The highest BCUT2D eigenvalue weighted by Gasteiger charge is 2.15. The molecule has 19 heavy (non-hydrogen) atoms. The number of rotatable bonds is 5. The van der Waals surface area contributed by atoms with E-state index in [9.17, 15) is 0 Å². The Morgan fingerprint density at radius 2 is 2.26 bits per heavy atom. The zero-order valence-electron chi connectivity index (χ0n) is 11.1. The first-order chi connectivity index (χ1) is 9.13. The molecular weight excluding hydrogens is 262 g/mol. The maximum absolute atomic E-state index is 5.84. The van der Waals surface area contributed by atoms with Crippen LogP contribution in [-0.2, 0) is 13.0 Å². The van der Waals surface area contributed by atoms with Gasteiger partial charge in [0.2, 0.25) is 0 Å². The number of pyridine rings is 1. The van der Waals surface area contributed by atoms with Crippen molar-refractivity contribution in [2.75, 3.05) is 0 Å². The SMILES string of the molecule is CCn1nc(C)cc1CC(NN)c1ccc(Cl)cn1. The topological polar surface area (TPSA) is 68.8 Å². The lowest BCUT2D eigenvalue weighted by atomic mass is 10.1. The predicted molar refractivity (Wildman–Crippen MR) is 75.7 cm³/mol. The van der Waals surface area contributed by atoms with E-state index in [0.717, 1.165) is 30.0 Å². The molecule has 102 valence electrons. The fraction of sp³-hybridized carbons (Fsp3) is 0.385. The average Bonchev–Trinajstić information content (AvgIpc) is 2.77. The summed E-state index contributed by atoms with van der Waals surface area (Å²) in [6.07, 6.45) is 2.36. The van der Waals surface area contributed by atoms with Gasteiger partial charge in [-0.2, -0.15) is 5.10 Å². The lowest BCUT2D eigenvalue weighted by molar-refractivity contribution is 0.507. The molecule has 0 aromatic carbocycles. The van der Waals surface area contributed by atoms with Crippen LogP contribution in [0.4, 0.5) is 0 Å². The Morgan fingerprint density at radius 3 is 2.84 bits per heavy atom. The lowest BCUT2D eigenvalue weighted by Gasteiger charge is -2.15. The second-order valence-electron chi connectivity index (χ2n) is 4.42. The largest absolute Gasteiger partial charge is 0.271 e. The Bertz CT molecular complexity index is 534. The average molecular weight is 280 g/mol. The smallest absolute Gasteiger partial charge is 0.0687 e. The third-order valence-electron chi connectivity index (χ3n) is 3.01. The molecule has 0 fully saturated rings. The van der Waals surface area contributed by atoms with Crippen molar-refractivity contribution >= 4 is 11.6 Å². The molecule has 0 aliphatic rings. The Kier molecular flexibility index (Phi) is 4.52. The van der Waals surface area contributed by atoms with Gasteiger partial charge in [0.1, 0.15) is 0 Å². The monoisotopic (exact) mass is 279 g/mol. The van der Waals surface area contributed by atoms with Gasteiger partial charge >= 0.3 is 0 Å². The van der Waals surface area contributed by atoms with Crippen LogP contribution in [0.5, 0.6) is 0 Å². The maximum Gasteiger partial charge on any atom is 0.0687 e. The van der Waals surface area contributed by atoms with E-state index in [-0.39, 0.29) is 6.04 Å². The molecule has 0 aliphatic carbocycles. The molecular formula is C13H18ClN5. The predicted octanol–water partition coefficient (Wildman–Crippen LogP) is 2.01. The quantitative estimate of drug-likeness (QED) is 0.649. The van der Waals surface area contributed by atoms with Crippen molar-refractivity contribution < 1.29 is 0 Å². The van der Waals surface area contributed by atoms with E-state index in [4.69, 9.17) is 17.4 Å². The van der Waals surface area contributed by atoms with E-state index in [1.807, 2.05) is 23.7 Å². The van der Waals surface area contributed by atoms with Crippen LogP contribution in [0, 0.1) is 6.92 Å². The third kappa shape index (κ3) is 3.32. The standard InChI is InChI=1S/C13H18ClN5/c1-3-19-11(6-9(2)18-19)7-13(17-15)12-5-4-10(14)8-16-12/h4-6,8,13,17H,3,7,15H2,1-2H3. The van der Waals surface area contributed by atoms with Gasteiger partial charge in [-0.25, -0.2) is 0 Å². The van der Waals surface area contributed by atoms with Gasteiger partial charge in [-0.15, -0.1) is 0 Å². The molecule has 2 rings (SSSR count). The van der Waals surface area contributed by atoms with Crippen LogP contribution in [0.15, 0.2) is 24.4 Å². The van der Waals surface area contributed by atoms with Crippen molar-refractivity contribution in [3.05, 3.63) is 46.5 Å². The van der Waals surface area contributed by atoms with Crippen LogP contribution < -0.4 is 11.3 Å². The summed E-state index contributed by atoms with van der Waals surface area (Å²) in [5, 5.41) is 5.05. The summed E-state index contributed by atoms with van der Waals surface area (Å²) < 4.78 is 1.98. The minimum atomic E-state index is -0.0568. The molecule has 6 heteroatoms. The summed E-state index contributed by atoms with van der Waals surface area (Å²) in [6, 6.07) is 5.71. The minimum Gasteiger partial charge on any atom is -0.271 e. The highest BCUT2D eigenvalue weighted by Crippen LogP contribution is 2.18. The van der Waals surface area contributed by atoms with Gasteiger partial charge in [0.15, 0.2) is 0 Å². The van der Waals surface area contributed by atoms with E-state index in [2.05, 4.69) is 28.5 Å². The Hall–Kier alpha value is -1.43. The van der Waals surface area contributed by atoms with Crippen molar-refractivity contribution in [3.8, 4) is 0 Å². The second-order valence-corrected chi connectivity index (χ2v) is 4.85. The molecule has 0 amide bonds. The highest BCUT2D eigenvalue weighted by molar-refractivity contribution is 6.30. The number of hydrogen-bond acceptors (Lipinski definition) is 4. The maximum atomic E-state index is 5.84. The molecule has 2 heterocycles. The first-order valence-electron chi connectivity index (χ1n) is 6.25. The third-order valence-corrected chi connectivity index (χ3v) is 3.23. The molecule has 0 radical (unpaired) electrons. The first-order valence-corrected chi connectivity index (χ1v) is 6.62. The number of aromatic nitrogens is 3. The Morgan fingerprint density at radius 1 is 1.47 bits per heavy atom. The number of nitrogens with zero attached hydrogens (tertiary/aromatic N) is 3. The van der Waals surface area contributed by atoms with Crippen LogP contribution in [0.2, 0.25) is 5.02 Å². The number of halogens is 1. The van der Waals surface area contributed by atoms with Crippen LogP contribution >= 0.6 is 11.6 Å². The fourth-order valence-corrected chi connectivity index (χ4v) is 2.20. The zero-order chi connectivity index (χ0) is 13.8. The molecule has 0 saturated carbocycles. The van der Waals surface area contributed by atoms with Gasteiger partial charge in [0.25, 0.3) is 0 Å². The molecule has 3 N–H and O–H groups in total. The number of hydrazine groups is 1. The highest BCUT2D eigenvalue weighted by atomic mass is 35.5. The molecule has 2 aromatic heterocycles. The summed E-state index contributed by atoms with van der Waals surface area (Å²) in [4.78, 5) is 4.30. The summed E-state index contributed by atoms with van der Waals surface area (Å²) in [5.74, 6) is 5.64. The van der Waals surface area contributed by atoms with Crippen LogP contribution in [0.3, 0.4) is 0 Å². The molecule has 0 spiro atoms. The van der Waals surface area contributed by atoms with Crippen molar-refractivity contribution in [1.29, 1.82) is 0 Å². The van der Waals surface area contributed by atoms with E-state index in [0.29, 0.717) is 5.02 Å². The zero-order valence-corrected chi connectivity index (χ0v) is 11.9. The molecule has 1 atom stereocenters. The van der Waals surface area contributed by atoms with Crippen LogP contribution in [0.1, 0.15) is 30.0 Å². The fourth-order valence-electron chi connectivity index (χ4n) is 2.09. The second kappa shape index (κ2) is 6.14. The van der Waals surface area contributed by atoms with Crippen molar-refractivity contribution in [3.63, 3.8) is 0 Å². The molecule has 0 saturated heterocycles. The molecule has 0 aliphatic heterocycles. The number of nitrogens with one attached hydrogen (secondary N) is 1. The molecule has 5 nitrogen and oxygen atoms in total. The molecule has 1 unspecified atom stereocenters.